The van der Waals surface area contributed by atoms with Gasteiger partial charge in [0.05, 0.1) is 5.54 Å². The fraction of sp³-hybridized carbons (Fsp3) is 0.714. The summed E-state index contributed by atoms with van der Waals surface area (Å²) < 4.78 is 0. The normalized spacial score (nSPS) is 21.1. The highest BCUT2D eigenvalue weighted by Gasteiger charge is 2.31. The third-order valence-electron chi connectivity index (χ3n) is 3.40. The van der Waals surface area contributed by atoms with Crippen molar-refractivity contribution in [3.63, 3.8) is 0 Å². The number of allylic oxidation sites excluding steroid dienone is 3. The van der Waals surface area contributed by atoms with Crippen molar-refractivity contribution in [1.82, 2.24) is 4.90 Å². The Morgan fingerprint density at radius 1 is 1.27 bits per heavy atom. The van der Waals surface area contributed by atoms with Gasteiger partial charge in [-0.3, -0.25) is 0 Å². The van der Waals surface area contributed by atoms with Crippen molar-refractivity contribution in [2.24, 2.45) is 5.92 Å². The second kappa shape index (κ2) is 4.03. The van der Waals surface area contributed by atoms with E-state index in [-0.39, 0.29) is 5.54 Å². The summed E-state index contributed by atoms with van der Waals surface area (Å²) in [4.78, 5) is 2.53. The van der Waals surface area contributed by atoms with Gasteiger partial charge < -0.3 is 4.90 Å². The monoisotopic (exact) mass is 207 g/mol. The second-order valence-electron chi connectivity index (χ2n) is 5.39. The number of likely N-dealkylation sites (N-methyl/N-ethyl adjacent to an activating group) is 1. The van der Waals surface area contributed by atoms with Crippen LogP contribution >= 0.6 is 0 Å². The highest BCUT2D eigenvalue weighted by atomic mass is 15.2. The summed E-state index contributed by atoms with van der Waals surface area (Å²) in [5.74, 6) is 0.605. The molecular weight excluding hydrogens is 182 g/mol. The summed E-state index contributed by atoms with van der Waals surface area (Å²) in [6.07, 6.45) is 2.39. The van der Waals surface area contributed by atoms with Gasteiger partial charge in [0.15, 0.2) is 0 Å². The van der Waals surface area contributed by atoms with Gasteiger partial charge in [-0.2, -0.15) is 0 Å². The van der Waals surface area contributed by atoms with Gasteiger partial charge in [0.25, 0.3) is 0 Å². The molecule has 0 saturated heterocycles. The largest absolute Gasteiger partial charge is 0.366 e. The van der Waals surface area contributed by atoms with Gasteiger partial charge in [0, 0.05) is 12.2 Å². The molecule has 0 aromatic rings. The lowest BCUT2D eigenvalue weighted by molar-refractivity contribution is 0.196. The zero-order valence-corrected chi connectivity index (χ0v) is 11.3. The summed E-state index contributed by atoms with van der Waals surface area (Å²) in [6.45, 7) is 17.0. The number of nitrogens with zero attached hydrogens (tertiary/aromatic N) is 1. The second-order valence-corrected chi connectivity index (χ2v) is 5.39. The van der Waals surface area contributed by atoms with Crippen molar-refractivity contribution in [1.29, 1.82) is 0 Å². The van der Waals surface area contributed by atoms with Crippen LogP contribution in [0.25, 0.3) is 0 Å². The van der Waals surface area contributed by atoms with Gasteiger partial charge in [-0.1, -0.05) is 19.9 Å². The molecular formula is C14H25N. The van der Waals surface area contributed by atoms with Gasteiger partial charge in [0.1, 0.15) is 0 Å². The Kier molecular flexibility index (Phi) is 3.32. The van der Waals surface area contributed by atoms with E-state index in [9.17, 15) is 0 Å². The van der Waals surface area contributed by atoms with E-state index in [0.717, 1.165) is 6.54 Å². The van der Waals surface area contributed by atoms with E-state index in [4.69, 9.17) is 0 Å². The van der Waals surface area contributed by atoms with Crippen molar-refractivity contribution in [3.8, 4) is 0 Å². The van der Waals surface area contributed by atoms with Gasteiger partial charge in [0.2, 0.25) is 0 Å². The Labute approximate surface area is 94.9 Å². The predicted molar refractivity (Wildman–Crippen MR) is 67.8 cm³/mol. The highest BCUT2D eigenvalue weighted by molar-refractivity contribution is 5.39. The van der Waals surface area contributed by atoms with Crippen molar-refractivity contribution in [2.45, 2.75) is 54.0 Å². The fourth-order valence-corrected chi connectivity index (χ4v) is 2.75. The van der Waals surface area contributed by atoms with Crippen LogP contribution in [-0.2, 0) is 0 Å². The first kappa shape index (κ1) is 12.4. The minimum absolute atomic E-state index is 0.165. The molecule has 0 unspecified atom stereocenters. The van der Waals surface area contributed by atoms with Crippen molar-refractivity contribution >= 4 is 0 Å². The lowest BCUT2D eigenvalue weighted by Gasteiger charge is -2.45. The minimum Gasteiger partial charge on any atom is -0.366 e. The molecule has 0 radical (unpaired) electrons. The predicted octanol–water partition coefficient (Wildman–Crippen LogP) is 3.98. The van der Waals surface area contributed by atoms with Gasteiger partial charge in [-0.05, 0) is 51.7 Å². The number of rotatable bonds is 2. The Bertz CT molecular complexity index is 305. The molecule has 0 amide bonds. The van der Waals surface area contributed by atoms with Crippen LogP contribution in [0.5, 0.6) is 0 Å². The third kappa shape index (κ3) is 2.11. The lowest BCUT2D eigenvalue weighted by atomic mass is 9.86. The molecule has 0 bridgehead atoms. The molecule has 1 rings (SSSR count). The standard InChI is InChI=1S/C14H25N/c1-8-15-13(10(2)3)12(5)11(4)9-14(15,6)7/h9-10H,8H2,1-7H3. The molecule has 0 spiro atoms. The number of hydrogen-bond acceptors (Lipinski definition) is 1. The molecule has 0 aromatic heterocycles. The third-order valence-corrected chi connectivity index (χ3v) is 3.40. The Hall–Kier alpha value is -0.720. The summed E-state index contributed by atoms with van der Waals surface area (Å²) in [6, 6.07) is 0. The van der Waals surface area contributed by atoms with Crippen LogP contribution in [0.3, 0.4) is 0 Å². The fourth-order valence-electron chi connectivity index (χ4n) is 2.75. The highest BCUT2D eigenvalue weighted by Crippen LogP contribution is 2.36. The van der Waals surface area contributed by atoms with Gasteiger partial charge in [-0.25, -0.2) is 0 Å². The average Bonchev–Trinajstić information content (AvgIpc) is 2.09. The molecule has 0 N–H and O–H groups in total. The van der Waals surface area contributed by atoms with Crippen LogP contribution in [0.4, 0.5) is 0 Å². The van der Waals surface area contributed by atoms with E-state index in [1.807, 2.05) is 0 Å². The minimum atomic E-state index is 0.165. The molecule has 0 aromatic carbocycles. The molecule has 1 heteroatoms. The van der Waals surface area contributed by atoms with Crippen LogP contribution in [0.1, 0.15) is 48.5 Å². The molecule has 1 aliphatic heterocycles. The number of hydrogen-bond donors (Lipinski definition) is 0. The van der Waals surface area contributed by atoms with E-state index >= 15 is 0 Å². The Balaban J connectivity index is 3.26. The van der Waals surface area contributed by atoms with E-state index < -0.39 is 0 Å². The van der Waals surface area contributed by atoms with E-state index in [1.54, 1.807) is 0 Å². The molecule has 1 nitrogen and oxygen atoms in total. The maximum absolute atomic E-state index is 2.53. The maximum atomic E-state index is 2.53. The molecule has 0 saturated carbocycles. The van der Waals surface area contributed by atoms with Crippen LogP contribution < -0.4 is 0 Å². The molecule has 0 aliphatic carbocycles. The van der Waals surface area contributed by atoms with Crippen molar-refractivity contribution in [2.75, 3.05) is 6.54 Å². The van der Waals surface area contributed by atoms with Crippen molar-refractivity contribution in [3.05, 3.63) is 22.9 Å². The van der Waals surface area contributed by atoms with Crippen molar-refractivity contribution < 1.29 is 0 Å². The maximum Gasteiger partial charge on any atom is 0.0531 e. The molecule has 0 fully saturated rings. The Morgan fingerprint density at radius 3 is 2.20 bits per heavy atom. The first-order valence-corrected chi connectivity index (χ1v) is 5.99. The summed E-state index contributed by atoms with van der Waals surface area (Å²) in [5.41, 5.74) is 4.58. The smallest absolute Gasteiger partial charge is 0.0531 e. The van der Waals surface area contributed by atoms with Crippen LogP contribution in [-0.4, -0.2) is 17.0 Å². The van der Waals surface area contributed by atoms with Gasteiger partial charge >= 0.3 is 0 Å². The summed E-state index contributed by atoms with van der Waals surface area (Å²) in [7, 11) is 0. The molecule has 15 heavy (non-hydrogen) atoms. The SMILES string of the molecule is CCN1C(C(C)C)=C(C)C(C)=CC1(C)C. The van der Waals surface area contributed by atoms with Gasteiger partial charge in [-0.15, -0.1) is 0 Å². The quantitative estimate of drug-likeness (QED) is 0.662. The molecule has 1 heterocycles. The van der Waals surface area contributed by atoms with Crippen LogP contribution in [0.2, 0.25) is 0 Å². The molecule has 0 atom stereocenters. The first-order chi connectivity index (χ1) is 6.81. The average molecular weight is 207 g/mol. The van der Waals surface area contributed by atoms with Crippen LogP contribution in [0, 0.1) is 5.92 Å². The topological polar surface area (TPSA) is 3.24 Å². The van der Waals surface area contributed by atoms with E-state index in [0.29, 0.717) is 5.92 Å². The molecule has 86 valence electrons. The Morgan fingerprint density at radius 2 is 1.80 bits per heavy atom. The van der Waals surface area contributed by atoms with E-state index in [2.05, 4.69) is 59.4 Å². The summed E-state index contributed by atoms with van der Waals surface area (Å²) in [5, 5.41) is 0. The zero-order chi connectivity index (χ0) is 11.8. The lowest BCUT2D eigenvalue weighted by Crippen LogP contribution is -2.45. The summed E-state index contributed by atoms with van der Waals surface area (Å²) >= 11 is 0. The van der Waals surface area contributed by atoms with Crippen LogP contribution in [0.15, 0.2) is 22.9 Å². The van der Waals surface area contributed by atoms with E-state index in [1.165, 1.54) is 16.8 Å². The first-order valence-electron chi connectivity index (χ1n) is 5.99. The zero-order valence-electron chi connectivity index (χ0n) is 11.3. The molecule has 1 aliphatic rings.